The Morgan fingerprint density at radius 1 is 1.44 bits per heavy atom. The largest absolute Gasteiger partial charge is 0.425 e. The molecular weight excluding hydrogens is 247 g/mol. The van der Waals surface area contributed by atoms with E-state index in [0.717, 1.165) is 12.0 Å². The normalized spacial score (nSPS) is 12.3. The van der Waals surface area contributed by atoms with E-state index in [0.29, 0.717) is 15.8 Å². The van der Waals surface area contributed by atoms with Crippen LogP contribution in [-0.2, 0) is 4.79 Å². The summed E-state index contributed by atoms with van der Waals surface area (Å²) in [6.45, 7) is 5.44. The second-order valence-corrected chi connectivity index (χ2v) is 4.55. The molecule has 1 atom stereocenters. The molecule has 0 radical (unpaired) electrons. The van der Waals surface area contributed by atoms with Gasteiger partial charge in [-0.15, -0.1) is 0 Å². The minimum atomic E-state index is -0.381. The Morgan fingerprint density at radius 3 is 2.56 bits per heavy atom. The van der Waals surface area contributed by atoms with E-state index in [-0.39, 0.29) is 11.9 Å². The van der Waals surface area contributed by atoms with E-state index in [1.807, 2.05) is 6.92 Å². The van der Waals surface area contributed by atoms with Gasteiger partial charge in [-0.25, -0.2) is 0 Å². The molecule has 4 heteroatoms. The lowest BCUT2D eigenvalue weighted by Crippen LogP contribution is -2.06. The maximum Gasteiger partial charge on any atom is 0.308 e. The van der Waals surface area contributed by atoms with Gasteiger partial charge in [-0.05, 0) is 24.5 Å². The molecule has 0 spiro atoms. The third kappa shape index (κ3) is 3.13. The highest BCUT2D eigenvalue weighted by Gasteiger charge is 2.16. The molecule has 0 saturated carbocycles. The summed E-state index contributed by atoms with van der Waals surface area (Å²) in [5.74, 6) is 0.284. The summed E-state index contributed by atoms with van der Waals surface area (Å²) in [6, 6.07) is 3.37. The first kappa shape index (κ1) is 13.3. The van der Waals surface area contributed by atoms with Crippen molar-refractivity contribution in [3.05, 3.63) is 27.7 Å². The van der Waals surface area contributed by atoms with Crippen molar-refractivity contribution < 1.29 is 9.53 Å². The number of hydrogen-bond acceptors (Lipinski definition) is 2. The van der Waals surface area contributed by atoms with Crippen LogP contribution in [0.15, 0.2) is 12.1 Å². The van der Waals surface area contributed by atoms with Gasteiger partial charge in [0, 0.05) is 17.5 Å². The Labute approximate surface area is 106 Å². The molecule has 0 aliphatic rings. The van der Waals surface area contributed by atoms with Crippen LogP contribution < -0.4 is 4.74 Å². The molecular formula is C12H14Cl2O2. The van der Waals surface area contributed by atoms with Gasteiger partial charge >= 0.3 is 5.97 Å². The van der Waals surface area contributed by atoms with Gasteiger partial charge in [0.2, 0.25) is 0 Å². The van der Waals surface area contributed by atoms with Gasteiger partial charge in [0.05, 0.1) is 5.02 Å². The summed E-state index contributed by atoms with van der Waals surface area (Å²) < 4.78 is 5.12. The predicted molar refractivity (Wildman–Crippen MR) is 66.5 cm³/mol. The topological polar surface area (TPSA) is 26.3 Å². The first-order valence-electron chi connectivity index (χ1n) is 5.13. The maximum absolute atomic E-state index is 11.0. The molecule has 88 valence electrons. The quantitative estimate of drug-likeness (QED) is 0.594. The molecule has 1 rings (SSSR count). The second-order valence-electron chi connectivity index (χ2n) is 3.71. The maximum atomic E-state index is 11.0. The van der Waals surface area contributed by atoms with Gasteiger partial charge in [-0.3, -0.25) is 4.79 Å². The first-order chi connectivity index (χ1) is 7.45. The summed E-state index contributed by atoms with van der Waals surface area (Å²) >= 11 is 12.0. The third-order valence-corrected chi connectivity index (χ3v) is 2.93. The number of ether oxygens (including phenoxy) is 1. The van der Waals surface area contributed by atoms with Crippen LogP contribution >= 0.6 is 23.2 Å². The molecule has 0 bridgehead atoms. The Bertz CT molecular complexity index is 402. The van der Waals surface area contributed by atoms with Gasteiger partial charge in [0.15, 0.2) is 5.75 Å². The zero-order valence-corrected chi connectivity index (χ0v) is 11.0. The molecule has 0 amide bonds. The third-order valence-electron chi connectivity index (χ3n) is 2.43. The van der Waals surface area contributed by atoms with Crippen LogP contribution in [0.4, 0.5) is 0 Å². The molecule has 0 aliphatic heterocycles. The van der Waals surface area contributed by atoms with E-state index in [1.54, 1.807) is 12.1 Å². The van der Waals surface area contributed by atoms with Crippen molar-refractivity contribution >= 4 is 29.2 Å². The van der Waals surface area contributed by atoms with Gasteiger partial charge in [-0.2, -0.15) is 0 Å². The Kier molecular flexibility index (Phi) is 4.63. The molecule has 0 aliphatic carbocycles. The number of carbonyl (C=O) groups excluding carboxylic acids is 1. The van der Waals surface area contributed by atoms with E-state index in [9.17, 15) is 4.79 Å². The lowest BCUT2D eigenvalue weighted by molar-refractivity contribution is -0.131. The zero-order valence-electron chi connectivity index (χ0n) is 9.51. The fraction of sp³-hybridized carbons (Fsp3) is 0.417. The summed E-state index contributed by atoms with van der Waals surface area (Å²) in [5, 5.41) is 0.925. The Balaban J connectivity index is 3.26. The standard InChI is InChI=1S/C12H14Cl2O2/c1-4-7(2)10-5-9(13)6-11(14)12(10)16-8(3)15/h5-7H,4H2,1-3H3. The smallest absolute Gasteiger partial charge is 0.308 e. The van der Waals surface area contributed by atoms with E-state index >= 15 is 0 Å². The van der Waals surface area contributed by atoms with Gasteiger partial charge in [0.25, 0.3) is 0 Å². The average molecular weight is 261 g/mol. The van der Waals surface area contributed by atoms with Gasteiger partial charge in [0.1, 0.15) is 0 Å². The lowest BCUT2D eigenvalue weighted by Gasteiger charge is -2.16. The fourth-order valence-corrected chi connectivity index (χ4v) is 1.97. The van der Waals surface area contributed by atoms with Crippen LogP contribution in [0.5, 0.6) is 5.75 Å². The summed E-state index contributed by atoms with van der Waals surface area (Å²) in [4.78, 5) is 11.0. The Hall–Kier alpha value is -0.730. The number of carbonyl (C=O) groups is 1. The molecule has 0 heterocycles. The van der Waals surface area contributed by atoms with Crippen molar-refractivity contribution in [2.45, 2.75) is 33.1 Å². The average Bonchev–Trinajstić information content (AvgIpc) is 2.20. The minimum absolute atomic E-state index is 0.241. The van der Waals surface area contributed by atoms with Gasteiger partial charge < -0.3 is 4.74 Å². The number of esters is 1. The Morgan fingerprint density at radius 2 is 2.06 bits per heavy atom. The van der Waals surface area contributed by atoms with Crippen LogP contribution in [0.1, 0.15) is 38.7 Å². The van der Waals surface area contributed by atoms with Crippen molar-refractivity contribution in [1.82, 2.24) is 0 Å². The zero-order chi connectivity index (χ0) is 12.3. The van der Waals surface area contributed by atoms with Crippen molar-refractivity contribution in [3.63, 3.8) is 0 Å². The fourth-order valence-electron chi connectivity index (χ4n) is 1.42. The van der Waals surface area contributed by atoms with Crippen LogP contribution in [-0.4, -0.2) is 5.97 Å². The lowest BCUT2D eigenvalue weighted by atomic mass is 9.98. The van der Waals surface area contributed by atoms with Crippen LogP contribution in [0.25, 0.3) is 0 Å². The van der Waals surface area contributed by atoms with Crippen LogP contribution in [0, 0.1) is 0 Å². The molecule has 2 nitrogen and oxygen atoms in total. The van der Waals surface area contributed by atoms with E-state index < -0.39 is 0 Å². The van der Waals surface area contributed by atoms with Crippen molar-refractivity contribution in [2.75, 3.05) is 0 Å². The number of benzene rings is 1. The summed E-state index contributed by atoms with van der Waals surface area (Å²) in [6.07, 6.45) is 0.922. The first-order valence-corrected chi connectivity index (χ1v) is 5.88. The van der Waals surface area contributed by atoms with E-state index in [1.165, 1.54) is 6.92 Å². The number of halogens is 2. The molecule has 0 aromatic heterocycles. The molecule has 1 aromatic rings. The summed E-state index contributed by atoms with van der Waals surface area (Å²) in [5.41, 5.74) is 0.871. The van der Waals surface area contributed by atoms with Crippen LogP contribution in [0.2, 0.25) is 10.0 Å². The number of hydrogen-bond donors (Lipinski definition) is 0. The van der Waals surface area contributed by atoms with Crippen LogP contribution in [0.3, 0.4) is 0 Å². The molecule has 16 heavy (non-hydrogen) atoms. The van der Waals surface area contributed by atoms with Crippen molar-refractivity contribution in [2.24, 2.45) is 0 Å². The molecule has 1 aromatic carbocycles. The van der Waals surface area contributed by atoms with E-state index in [4.69, 9.17) is 27.9 Å². The summed E-state index contributed by atoms with van der Waals surface area (Å²) in [7, 11) is 0. The SMILES string of the molecule is CCC(C)c1cc(Cl)cc(Cl)c1OC(C)=O. The minimum Gasteiger partial charge on any atom is -0.425 e. The molecule has 0 fully saturated rings. The highest BCUT2D eigenvalue weighted by Crippen LogP contribution is 2.37. The highest BCUT2D eigenvalue weighted by atomic mass is 35.5. The van der Waals surface area contributed by atoms with Crippen molar-refractivity contribution in [3.8, 4) is 5.75 Å². The molecule has 1 unspecified atom stereocenters. The van der Waals surface area contributed by atoms with E-state index in [2.05, 4.69) is 6.92 Å². The van der Waals surface area contributed by atoms with Crippen molar-refractivity contribution in [1.29, 1.82) is 0 Å². The second kappa shape index (κ2) is 5.55. The van der Waals surface area contributed by atoms with Gasteiger partial charge in [-0.1, -0.05) is 37.0 Å². The number of rotatable bonds is 3. The highest BCUT2D eigenvalue weighted by molar-refractivity contribution is 6.35. The molecule has 0 N–H and O–H groups in total. The predicted octanol–water partition coefficient (Wildman–Crippen LogP) is 4.43. The monoisotopic (exact) mass is 260 g/mol. The molecule has 0 saturated heterocycles.